The van der Waals surface area contributed by atoms with E-state index in [1.54, 1.807) is 29.9 Å². The lowest BCUT2D eigenvalue weighted by molar-refractivity contribution is 0.414. The molecule has 0 amide bonds. The number of rotatable bonds is 6. The molecule has 0 aliphatic rings. The van der Waals surface area contributed by atoms with Gasteiger partial charge in [0.1, 0.15) is 12.1 Å². The number of aryl methyl sites for hydroxylation is 1. The van der Waals surface area contributed by atoms with E-state index in [-0.39, 0.29) is 6.04 Å². The molecule has 6 heteroatoms. The van der Waals surface area contributed by atoms with Crippen LogP contribution in [0.1, 0.15) is 11.6 Å². The minimum absolute atomic E-state index is 0.271. The highest BCUT2D eigenvalue weighted by Crippen LogP contribution is 2.24. The Bertz CT molecular complexity index is 512. The number of nitrogens with one attached hydrogen (secondary N) is 1. The van der Waals surface area contributed by atoms with Crippen LogP contribution in [0.25, 0.3) is 0 Å². The van der Waals surface area contributed by atoms with Crippen LogP contribution in [0.15, 0.2) is 35.7 Å². The summed E-state index contributed by atoms with van der Waals surface area (Å²) in [5, 5.41) is 8.31. The molecule has 1 N–H and O–H groups in total. The monoisotopic (exact) mass is 278 g/mol. The highest BCUT2D eigenvalue weighted by Gasteiger charge is 2.11. The van der Waals surface area contributed by atoms with E-state index in [1.807, 2.05) is 26.2 Å². The average molecular weight is 278 g/mol. The zero-order valence-corrected chi connectivity index (χ0v) is 12.1. The third-order valence-electron chi connectivity index (χ3n) is 2.92. The molecule has 0 fully saturated rings. The first-order chi connectivity index (χ1) is 9.24. The van der Waals surface area contributed by atoms with Crippen molar-refractivity contribution in [2.24, 2.45) is 7.05 Å². The Morgan fingerprint density at radius 3 is 2.63 bits per heavy atom. The number of hydrogen-bond donors (Lipinski definition) is 1. The van der Waals surface area contributed by atoms with Gasteiger partial charge in [-0.1, -0.05) is 23.9 Å². The first-order valence-corrected chi connectivity index (χ1v) is 7.01. The Kier molecular flexibility index (Phi) is 4.81. The van der Waals surface area contributed by atoms with Crippen LogP contribution in [-0.4, -0.2) is 34.7 Å². The standard InChI is InChI=1S/C13H18N4OS/c1-14-12(8-19-13-15-9-16-17(13)2)10-4-6-11(18-3)7-5-10/h4-7,9,12,14H,8H2,1-3H3. The molecule has 1 aromatic heterocycles. The quantitative estimate of drug-likeness (QED) is 0.818. The molecule has 1 aromatic carbocycles. The lowest BCUT2D eigenvalue weighted by Crippen LogP contribution is -2.18. The van der Waals surface area contributed by atoms with Gasteiger partial charge in [0.05, 0.1) is 7.11 Å². The number of ether oxygens (including phenoxy) is 1. The van der Waals surface area contributed by atoms with Gasteiger partial charge in [-0.25, -0.2) is 9.67 Å². The molecular formula is C13H18N4OS. The van der Waals surface area contributed by atoms with Crippen molar-refractivity contribution in [1.29, 1.82) is 0 Å². The van der Waals surface area contributed by atoms with E-state index in [0.29, 0.717) is 0 Å². The van der Waals surface area contributed by atoms with E-state index in [2.05, 4.69) is 27.5 Å². The van der Waals surface area contributed by atoms with E-state index in [4.69, 9.17) is 4.74 Å². The fourth-order valence-corrected chi connectivity index (χ4v) is 2.79. The third kappa shape index (κ3) is 3.48. The molecule has 0 spiro atoms. The second-order valence-electron chi connectivity index (χ2n) is 4.09. The summed E-state index contributed by atoms with van der Waals surface area (Å²) in [6.45, 7) is 0. The first kappa shape index (κ1) is 13.9. The lowest BCUT2D eigenvalue weighted by Gasteiger charge is -2.16. The highest BCUT2D eigenvalue weighted by molar-refractivity contribution is 7.99. The van der Waals surface area contributed by atoms with E-state index >= 15 is 0 Å². The number of aromatic nitrogens is 3. The Hall–Kier alpha value is -1.53. The zero-order chi connectivity index (χ0) is 13.7. The van der Waals surface area contributed by atoms with Gasteiger partial charge < -0.3 is 10.1 Å². The predicted molar refractivity (Wildman–Crippen MR) is 76.5 cm³/mol. The van der Waals surface area contributed by atoms with Crippen molar-refractivity contribution in [2.75, 3.05) is 19.9 Å². The molecule has 0 saturated heterocycles. The summed E-state index contributed by atoms with van der Waals surface area (Å²) >= 11 is 1.69. The van der Waals surface area contributed by atoms with Crippen LogP contribution in [0.5, 0.6) is 5.75 Å². The summed E-state index contributed by atoms with van der Waals surface area (Å²) in [5.74, 6) is 1.77. The van der Waals surface area contributed by atoms with E-state index in [0.717, 1.165) is 16.7 Å². The Balaban J connectivity index is 2.01. The van der Waals surface area contributed by atoms with E-state index < -0.39 is 0 Å². The number of hydrogen-bond acceptors (Lipinski definition) is 5. The van der Waals surface area contributed by atoms with Crippen molar-refractivity contribution in [2.45, 2.75) is 11.2 Å². The van der Waals surface area contributed by atoms with Crippen LogP contribution < -0.4 is 10.1 Å². The SMILES string of the molecule is CNC(CSc1ncnn1C)c1ccc(OC)cc1. The van der Waals surface area contributed by atoms with E-state index in [1.165, 1.54) is 5.56 Å². The number of benzene rings is 1. The largest absolute Gasteiger partial charge is 0.497 e. The second-order valence-corrected chi connectivity index (χ2v) is 5.08. The minimum atomic E-state index is 0.271. The van der Waals surface area contributed by atoms with Crippen molar-refractivity contribution in [3.05, 3.63) is 36.2 Å². The van der Waals surface area contributed by atoms with Crippen LogP contribution in [0, 0.1) is 0 Å². The smallest absolute Gasteiger partial charge is 0.185 e. The molecular weight excluding hydrogens is 260 g/mol. The van der Waals surface area contributed by atoms with Gasteiger partial charge in [-0.3, -0.25) is 0 Å². The molecule has 0 aliphatic heterocycles. The Labute approximate surface area is 117 Å². The first-order valence-electron chi connectivity index (χ1n) is 6.02. The molecule has 2 aromatic rings. The van der Waals surface area contributed by atoms with Crippen molar-refractivity contribution < 1.29 is 4.74 Å². The summed E-state index contributed by atoms with van der Waals surface area (Å²) in [4.78, 5) is 4.21. The van der Waals surface area contributed by atoms with Crippen molar-refractivity contribution >= 4 is 11.8 Å². The third-order valence-corrected chi connectivity index (χ3v) is 4.04. The molecule has 0 aliphatic carbocycles. The number of methoxy groups -OCH3 is 1. The summed E-state index contributed by atoms with van der Waals surface area (Å²) in [7, 11) is 5.54. The van der Waals surface area contributed by atoms with Gasteiger partial charge >= 0.3 is 0 Å². The fraction of sp³-hybridized carbons (Fsp3) is 0.385. The Morgan fingerprint density at radius 2 is 2.11 bits per heavy atom. The predicted octanol–water partition coefficient (Wildman–Crippen LogP) is 1.88. The van der Waals surface area contributed by atoms with Crippen LogP contribution in [-0.2, 0) is 7.05 Å². The van der Waals surface area contributed by atoms with Gasteiger partial charge in [0.2, 0.25) is 0 Å². The molecule has 102 valence electrons. The van der Waals surface area contributed by atoms with Crippen molar-refractivity contribution in [3.8, 4) is 5.75 Å². The van der Waals surface area contributed by atoms with Crippen molar-refractivity contribution in [3.63, 3.8) is 0 Å². The van der Waals surface area contributed by atoms with Gasteiger partial charge in [0.25, 0.3) is 0 Å². The van der Waals surface area contributed by atoms with Crippen LogP contribution in [0.4, 0.5) is 0 Å². The average Bonchev–Trinajstić information content (AvgIpc) is 2.86. The molecule has 5 nitrogen and oxygen atoms in total. The summed E-state index contributed by atoms with van der Waals surface area (Å²) in [5.41, 5.74) is 1.23. The lowest BCUT2D eigenvalue weighted by atomic mass is 10.1. The molecule has 0 bridgehead atoms. The molecule has 0 saturated carbocycles. The second kappa shape index (κ2) is 6.58. The van der Waals surface area contributed by atoms with Crippen LogP contribution in [0.2, 0.25) is 0 Å². The van der Waals surface area contributed by atoms with Gasteiger partial charge in [-0.05, 0) is 24.7 Å². The summed E-state index contributed by atoms with van der Waals surface area (Å²) in [6, 6.07) is 8.39. The molecule has 1 unspecified atom stereocenters. The van der Waals surface area contributed by atoms with E-state index in [9.17, 15) is 0 Å². The maximum atomic E-state index is 5.17. The number of nitrogens with zero attached hydrogens (tertiary/aromatic N) is 3. The number of thioether (sulfide) groups is 1. The fourth-order valence-electron chi connectivity index (χ4n) is 1.76. The Morgan fingerprint density at radius 1 is 1.37 bits per heavy atom. The summed E-state index contributed by atoms with van der Waals surface area (Å²) < 4.78 is 6.95. The van der Waals surface area contributed by atoms with Crippen LogP contribution >= 0.6 is 11.8 Å². The molecule has 2 rings (SSSR count). The zero-order valence-electron chi connectivity index (χ0n) is 11.3. The molecule has 0 radical (unpaired) electrons. The maximum Gasteiger partial charge on any atom is 0.185 e. The van der Waals surface area contributed by atoms with Gasteiger partial charge in [0.15, 0.2) is 5.16 Å². The van der Waals surface area contributed by atoms with Gasteiger partial charge in [-0.15, -0.1) is 0 Å². The highest BCUT2D eigenvalue weighted by atomic mass is 32.2. The maximum absolute atomic E-state index is 5.17. The molecule has 1 atom stereocenters. The van der Waals surface area contributed by atoms with Gasteiger partial charge in [0, 0.05) is 18.8 Å². The molecule has 19 heavy (non-hydrogen) atoms. The minimum Gasteiger partial charge on any atom is -0.497 e. The van der Waals surface area contributed by atoms with Gasteiger partial charge in [-0.2, -0.15) is 5.10 Å². The van der Waals surface area contributed by atoms with Crippen molar-refractivity contribution in [1.82, 2.24) is 20.1 Å². The van der Waals surface area contributed by atoms with Crippen LogP contribution in [0.3, 0.4) is 0 Å². The topological polar surface area (TPSA) is 52.0 Å². The molecule has 1 heterocycles. The summed E-state index contributed by atoms with van der Waals surface area (Å²) in [6.07, 6.45) is 1.57. The normalized spacial score (nSPS) is 12.4.